The summed E-state index contributed by atoms with van der Waals surface area (Å²) in [5, 5.41) is 10.4. The molecule has 1 aromatic rings. The van der Waals surface area contributed by atoms with Gasteiger partial charge in [-0.2, -0.15) is 5.10 Å². The molecule has 2 N–H and O–H groups in total. The average Bonchev–Trinajstić information content (AvgIpc) is 2.85. The van der Waals surface area contributed by atoms with Gasteiger partial charge < -0.3 is 10.2 Å². The van der Waals surface area contributed by atoms with Crippen LogP contribution in [-0.2, 0) is 17.6 Å². The van der Waals surface area contributed by atoms with Crippen molar-refractivity contribution in [1.29, 1.82) is 0 Å². The number of carbonyl (C=O) groups excluding carboxylic acids is 1. The summed E-state index contributed by atoms with van der Waals surface area (Å²) in [5.74, 6) is 0.461. The van der Waals surface area contributed by atoms with Crippen LogP contribution in [0, 0.1) is 5.92 Å². The molecule has 2 heterocycles. The zero-order valence-electron chi connectivity index (χ0n) is 10.8. The summed E-state index contributed by atoms with van der Waals surface area (Å²) in [6.45, 7) is 4.78. The van der Waals surface area contributed by atoms with Gasteiger partial charge in [0.1, 0.15) is 0 Å². The highest BCUT2D eigenvalue weighted by Crippen LogP contribution is 2.26. The maximum Gasteiger partial charge on any atom is 0.226 e. The average molecular weight is 248 g/mol. The Morgan fingerprint density at radius 3 is 3.28 bits per heavy atom. The third kappa shape index (κ3) is 2.03. The van der Waals surface area contributed by atoms with E-state index < -0.39 is 0 Å². The zero-order valence-corrected chi connectivity index (χ0v) is 10.8. The van der Waals surface area contributed by atoms with Crippen LogP contribution in [-0.4, -0.2) is 46.7 Å². The van der Waals surface area contributed by atoms with Crippen molar-refractivity contribution in [2.24, 2.45) is 5.92 Å². The van der Waals surface area contributed by atoms with Crippen molar-refractivity contribution in [3.05, 3.63) is 17.5 Å². The summed E-state index contributed by atoms with van der Waals surface area (Å²) in [6.07, 6.45) is 4.65. The van der Waals surface area contributed by atoms with Gasteiger partial charge in [0.05, 0.1) is 6.20 Å². The molecule has 5 heteroatoms. The van der Waals surface area contributed by atoms with E-state index in [1.807, 2.05) is 11.1 Å². The fourth-order valence-electron chi connectivity index (χ4n) is 3.02. The van der Waals surface area contributed by atoms with Crippen LogP contribution in [0.5, 0.6) is 0 Å². The highest BCUT2D eigenvalue weighted by atomic mass is 16.2. The van der Waals surface area contributed by atoms with E-state index in [9.17, 15) is 4.79 Å². The normalized spacial score (nSPS) is 27.9. The molecule has 2 aliphatic rings. The number of amides is 1. The highest BCUT2D eigenvalue weighted by Gasteiger charge is 2.32. The Bertz CT molecular complexity index is 442. The third-order valence-electron chi connectivity index (χ3n) is 4.15. The minimum atomic E-state index is 0.137. The molecule has 3 rings (SSSR count). The molecule has 1 unspecified atom stereocenters. The quantitative estimate of drug-likeness (QED) is 0.753. The smallest absolute Gasteiger partial charge is 0.226 e. The monoisotopic (exact) mass is 248 g/mol. The molecule has 0 saturated carbocycles. The minimum Gasteiger partial charge on any atom is -0.337 e. The lowest BCUT2D eigenvalue weighted by molar-refractivity contribution is -0.138. The Morgan fingerprint density at radius 2 is 2.44 bits per heavy atom. The SMILES string of the molecule is C[C@@H]1CNCCN1C(=O)C1CCc2cn[nH]c2C1. The molecular formula is C13H20N4O. The number of nitrogens with zero attached hydrogens (tertiary/aromatic N) is 2. The first kappa shape index (κ1) is 11.7. The predicted octanol–water partition coefficient (Wildman–Crippen LogP) is 0.335. The number of carbonyl (C=O) groups is 1. The predicted molar refractivity (Wildman–Crippen MR) is 68.1 cm³/mol. The van der Waals surface area contributed by atoms with E-state index in [4.69, 9.17) is 0 Å². The third-order valence-corrected chi connectivity index (χ3v) is 4.15. The fraction of sp³-hybridized carbons (Fsp3) is 0.692. The van der Waals surface area contributed by atoms with Gasteiger partial charge >= 0.3 is 0 Å². The molecule has 0 bridgehead atoms. The molecule has 1 amide bonds. The van der Waals surface area contributed by atoms with E-state index in [0.29, 0.717) is 11.9 Å². The van der Waals surface area contributed by atoms with Gasteiger partial charge in [0.25, 0.3) is 0 Å². The van der Waals surface area contributed by atoms with Crippen LogP contribution in [0.2, 0.25) is 0 Å². The van der Waals surface area contributed by atoms with Gasteiger partial charge in [0.15, 0.2) is 0 Å². The van der Waals surface area contributed by atoms with Crippen molar-refractivity contribution in [3.63, 3.8) is 0 Å². The van der Waals surface area contributed by atoms with Crippen molar-refractivity contribution in [1.82, 2.24) is 20.4 Å². The summed E-state index contributed by atoms with van der Waals surface area (Å²) < 4.78 is 0. The Balaban J connectivity index is 1.70. The Hall–Kier alpha value is -1.36. The van der Waals surface area contributed by atoms with Crippen molar-refractivity contribution < 1.29 is 4.79 Å². The van der Waals surface area contributed by atoms with Crippen molar-refractivity contribution in [2.45, 2.75) is 32.2 Å². The number of aryl methyl sites for hydroxylation is 1. The molecular weight excluding hydrogens is 228 g/mol. The van der Waals surface area contributed by atoms with Crippen LogP contribution in [0.15, 0.2) is 6.20 Å². The molecule has 1 fully saturated rings. The second-order valence-corrected chi connectivity index (χ2v) is 5.40. The molecule has 1 saturated heterocycles. The first-order valence-corrected chi connectivity index (χ1v) is 6.78. The van der Waals surface area contributed by atoms with E-state index in [0.717, 1.165) is 44.6 Å². The van der Waals surface area contributed by atoms with Crippen LogP contribution in [0.25, 0.3) is 0 Å². The molecule has 98 valence electrons. The second-order valence-electron chi connectivity index (χ2n) is 5.40. The highest BCUT2D eigenvalue weighted by molar-refractivity contribution is 5.80. The first-order chi connectivity index (χ1) is 8.75. The summed E-state index contributed by atoms with van der Waals surface area (Å²) in [6, 6.07) is 0.314. The summed E-state index contributed by atoms with van der Waals surface area (Å²) in [5.41, 5.74) is 2.44. The largest absolute Gasteiger partial charge is 0.337 e. The Morgan fingerprint density at radius 1 is 1.56 bits per heavy atom. The number of fused-ring (bicyclic) bond motifs is 1. The number of hydrogen-bond donors (Lipinski definition) is 2. The number of aromatic nitrogens is 2. The standard InChI is InChI=1S/C13H20N4O/c1-9-7-14-4-5-17(9)13(18)10-2-3-11-8-15-16-12(11)6-10/h8-10,14H,2-7H2,1H3,(H,15,16)/t9-,10?/m1/s1. The summed E-state index contributed by atoms with van der Waals surface area (Å²) in [4.78, 5) is 14.6. The van der Waals surface area contributed by atoms with Gasteiger partial charge in [-0.25, -0.2) is 0 Å². The summed E-state index contributed by atoms with van der Waals surface area (Å²) >= 11 is 0. The molecule has 0 radical (unpaired) electrons. The maximum atomic E-state index is 12.6. The van der Waals surface area contributed by atoms with E-state index in [-0.39, 0.29) is 5.92 Å². The van der Waals surface area contributed by atoms with Crippen LogP contribution in [0.4, 0.5) is 0 Å². The number of aromatic amines is 1. The lowest BCUT2D eigenvalue weighted by Gasteiger charge is -2.37. The van der Waals surface area contributed by atoms with E-state index in [1.54, 1.807) is 0 Å². The lowest BCUT2D eigenvalue weighted by Crippen LogP contribution is -2.54. The van der Waals surface area contributed by atoms with E-state index in [1.165, 1.54) is 5.56 Å². The minimum absolute atomic E-state index is 0.137. The number of piperazine rings is 1. The van der Waals surface area contributed by atoms with E-state index >= 15 is 0 Å². The van der Waals surface area contributed by atoms with Gasteiger partial charge in [-0.05, 0) is 25.3 Å². The van der Waals surface area contributed by atoms with Crippen LogP contribution in [0.3, 0.4) is 0 Å². The van der Waals surface area contributed by atoms with Gasteiger partial charge in [-0.3, -0.25) is 9.89 Å². The van der Waals surface area contributed by atoms with Crippen LogP contribution >= 0.6 is 0 Å². The van der Waals surface area contributed by atoms with Crippen molar-refractivity contribution in [3.8, 4) is 0 Å². The molecule has 0 spiro atoms. The molecule has 0 aromatic carbocycles. The number of H-pyrrole nitrogens is 1. The van der Waals surface area contributed by atoms with Crippen LogP contribution < -0.4 is 5.32 Å². The molecule has 1 aromatic heterocycles. The molecule has 1 aliphatic heterocycles. The van der Waals surface area contributed by atoms with Gasteiger partial charge in [-0.1, -0.05) is 0 Å². The van der Waals surface area contributed by atoms with Crippen molar-refractivity contribution in [2.75, 3.05) is 19.6 Å². The van der Waals surface area contributed by atoms with Gasteiger partial charge in [0, 0.05) is 43.7 Å². The molecule has 1 aliphatic carbocycles. The van der Waals surface area contributed by atoms with Gasteiger partial charge in [0.2, 0.25) is 5.91 Å². The van der Waals surface area contributed by atoms with Crippen LogP contribution in [0.1, 0.15) is 24.6 Å². The van der Waals surface area contributed by atoms with E-state index in [2.05, 4.69) is 22.4 Å². The Kier molecular flexibility index (Phi) is 3.07. The number of rotatable bonds is 1. The molecule has 18 heavy (non-hydrogen) atoms. The maximum absolute atomic E-state index is 12.6. The zero-order chi connectivity index (χ0) is 12.5. The Labute approximate surface area is 107 Å². The van der Waals surface area contributed by atoms with Crippen molar-refractivity contribution >= 4 is 5.91 Å². The topological polar surface area (TPSA) is 61.0 Å². The lowest BCUT2D eigenvalue weighted by atomic mass is 9.86. The number of hydrogen-bond acceptors (Lipinski definition) is 3. The second kappa shape index (κ2) is 4.72. The summed E-state index contributed by atoms with van der Waals surface area (Å²) in [7, 11) is 0. The molecule has 2 atom stereocenters. The molecule has 5 nitrogen and oxygen atoms in total. The van der Waals surface area contributed by atoms with Gasteiger partial charge in [-0.15, -0.1) is 0 Å². The fourth-order valence-corrected chi connectivity index (χ4v) is 3.02. The first-order valence-electron chi connectivity index (χ1n) is 6.78. The number of nitrogens with one attached hydrogen (secondary N) is 2.